The Morgan fingerprint density at radius 1 is 0.963 bits per heavy atom. The first-order valence-corrected chi connectivity index (χ1v) is 14.0. The smallest absolute Gasteiger partial charge is 0.198 e. The van der Waals surface area contributed by atoms with Gasteiger partial charge in [-0.25, -0.2) is 0 Å². The fourth-order valence-electron chi connectivity index (χ4n) is 4.57. The van der Waals surface area contributed by atoms with Crippen LogP contribution in [0.4, 0.5) is 0 Å². The minimum atomic E-state index is -1.91. The Morgan fingerprint density at radius 2 is 1.63 bits per heavy atom. The van der Waals surface area contributed by atoms with Crippen molar-refractivity contribution in [1.82, 2.24) is 0 Å². The third-order valence-corrected chi connectivity index (χ3v) is 12.7. The first-order chi connectivity index (χ1) is 12.6. The van der Waals surface area contributed by atoms with E-state index in [-0.39, 0.29) is 5.04 Å². The van der Waals surface area contributed by atoms with E-state index in [1.807, 2.05) is 0 Å². The molecule has 0 aromatic carbocycles. The standard InChI is InChI=1S/C23H48O3Si/c1-7-9-10-11-12-16-27(23(4,5)6,26-19(3)8-2)17-15-20-13-14-21(24)22(25)18-20/h19-22,24-25H,7-18H2,1-6H3. The van der Waals surface area contributed by atoms with Gasteiger partial charge in [0.05, 0.1) is 12.2 Å². The van der Waals surface area contributed by atoms with Crippen LogP contribution in [0.15, 0.2) is 0 Å². The summed E-state index contributed by atoms with van der Waals surface area (Å²) < 4.78 is 6.92. The van der Waals surface area contributed by atoms with Crippen LogP contribution in [-0.2, 0) is 4.43 Å². The van der Waals surface area contributed by atoms with E-state index in [4.69, 9.17) is 4.43 Å². The Kier molecular flexibility index (Phi) is 11.1. The molecule has 1 saturated carbocycles. The molecule has 1 rings (SSSR count). The van der Waals surface area contributed by atoms with Gasteiger partial charge in [-0.1, -0.05) is 73.1 Å². The van der Waals surface area contributed by atoms with Crippen molar-refractivity contribution in [3.63, 3.8) is 0 Å². The molecule has 0 aliphatic heterocycles. The Bertz CT molecular complexity index is 396. The molecule has 2 N–H and O–H groups in total. The maximum Gasteiger partial charge on any atom is 0.198 e. The minimum Gasteiger partial charge on any atom is -0.414 e. The third kappa shape index (κ3) is 8.16. The largest absolute Gasteiger partial charge is 0.414 e. The molecule has 0 heterocycles. The molecular formula is C23H48O3Si. The Morgan fingerprint density at radius 3 is 2.19 bits per heavy atom. The van der Waals surface area contributed by atoms with Crippen molar-refractivity contribution in [2.24, 2.45) is 5.92 Å². The molecule has 5 unspecified atom stereocenters. The van der Waals surface area contributed by atoms with E-state index in [1.165, 1.54) is 44.2 Å². The van der Waals surface area contributed by atoms with Gasteiger partial charge in [-0.05, 0) is 55.7 Å². The lowest BCUT2D eigenvalue weighted by molar-refractivity contribution is -0.0260. The molecule has 162 valence electrons. The molecule has 0 spiro atoms. The fraction of sp³-hybridized carbons (Fsp3) is 1.00. The summed E-state index contributed by atoms with van der Waals surface area (Å²) in [5, 5.41) is 20.1. The lowest BCUT2D eigenvalue weighted by atomic mass is 9.84. The highest BCUT2D eigenvalue weighted by molar-refractivity contribution is 6.76. The van der Waals surface area contributed by atoms with Gasteiger partial charge in [0.15, 0.2) is 8.32 Å². The predicted molar refractivity (Wildman–Crippen MR) is 119 cm³/mol. The molecule has 0 bridgehead atoms. The van der Waals surface area contributed by atoms with E-state index in [2.05, 4.69) is 41.5 Å². The van der Waals surface area contributed by atoms with Crippen molar-refractivity contribution >= 4 is 8.32 Å². The highest BCUT2D eigenvalue weighted by Gasteiger charge is 2.47. The zero-order valence-electron chi connectivity index (χ0n) is 19.1. The van der Waals surface area contributed by atoms with Crippen LogP contribution in [-0.4, -0.2) is 36.8 Å². The number of hydrogen-bond acceptors (Lipinski definition) is 3. The van der Waals surface area contributed by atoms with Crippen molar-refractivity contribution in [1.29, 1.82) is 0 Å². The quantitative estimate of drug-likeness (QED) is 0.293. The minimum absolute atomic E-state index is 0.230. The van der Waals surface area contributed by atoms with Crippen LogP contribution in [0, 0.1) is 5.92 Å². The van der Waals surface area contributed by atoms with Crippen LogP contribution >= 0.6 is 0 Å². The van der Waals surface area contributed by atoms with Crippen LogP contribution in [0.25, 0.3) is 0 Å². The van der Waals surface area contributed by atoms with Gasteiger partial charge >= 0.3 is 0 Å². The summed E-state index contributed by atoms with van der Waals surface area (Å²) in [6.07, 6.45) is 10.7. The normalized spacial score (nSPS) is 27.3. The summed E-state index contributed by atoms with van der Waals surface area (Å²) in [4.78, 5) is 0. The lowest BCUT2D eigenvalue weighted by Gasteiger charge is -2.45. The van der Waals surface area contributed by atoms with Gasteiger partial charge in [-0.2, -0.15) is 0 Å². The third-order valence-electron chi connectivity index (χ3n) is 6.90. The van der Waals surface area contributed by atoms with Crippen molar-refractivity contribution < 1.29 is 14.6 Å². The number of hydrogen-bond donors (Lipinski definition) is 2. The molecule has 0 radical (unpaired) electrons. The van der Waals surface area contributed by atoms with E-state index in [0.29, 0.717) is 12.0 Å². The Labute approximate surface area is 170 Å². The van der Waals surface area contributed by atoms with Crippen LogP contribution in [0.5, 0.6) is 0 Å². The van der Waals surface area contributed by atoms with Gasteiger partial charge in [0.1, 0.15) is 0 Å². The molecule has 1 aliphatic carbocycles. The van der Waals surface area contributed by atoms with Gasteiger partial charge in [-0.15, -0.1) is 0 Å². The SMILES string of the molecule is CCCCCCC[Si](CCC1CCC(O)C(O)C1)(OC(C)CC)C(C)(C)C. The van der Waals surface area contributed by atoms with Gasteiger partial charge in [0.25, 0.3) is 0 Å². The number of aliphatic hydroxyl groups excluding tert-OH is 2. The molecular weight excluding hydrogens is 352 g/mol. The van der Waals surface area contributed by atoms with Crippen LogP contribution in [0.1, 0.15) is 106 Å². The highest BCUT2D eigenvalue weighted by atomic mass is 28.4. The fourth-order valence-corrected chi connectivity index (χ4v) is 9.54. The van der Waals surface area contributed by atoms with E-state index < -0.39 is 20.5 Å². The molecule has 0 aromatic rings. The van der Waals surface area contributed by atoms with Crippen molar-refractivity contribution in [2.75, 3.05) is 0 Å². The zero-order valence-corrected chi connectivity index (χ0v) is 20.1. The number of rotatable bonds is 12. The highest BCUT2D eigenvalue weighted by Crippen LogP contribution is 2.46. The maximum absolute atomic E-state index is 10.1. The van der Waals surface area contributed by atoms with Gasteiger partial charge in [-0.3, -0.25) is 0 Å². The van der Waals surface area contributed by atoms with Crippen molar-refractivity contribution in [3.05, 3.63) is 0 Å². The number of aliphatic hydroxyl groups is 2. The number of unbranched alkanes of at least 4 members (excludes halogenated alkanes) is 4. The van der Waals surface area contributed by atoms with E-state index in [0.717, 1.165) is 32.1 Å². The second kappa shape index (κ2) is 11.9. The second-order valence-electron chi connectivity index (χ2n) is 10.1. The zero-order chi connectivity index (χ0) is 20.5. The molecule has 1 aliphatic rings. The Hall–Kier alpha value is 0.0969. The molecule has 27 heavy (non-hydrogen) atoms. The molecule has 0 aromatic heterocycles. The van der Waals surface area contributed by atoms with E-state index in [1.54, 1.807) is 0 Å². The summed E-state index contributed by atoms with van der Waals surface area (Å²) >= 11 is 0. The predicted octanol–water partition coefficient (Wildman–Crippen LogP) is 6.43. The summed E-state index contributed by atoms with van der Waals surface area (Å²) in [6.45, 7) is 13.9. The molecule has 4 heteroatoms. The Balaban J connectivity index is 2.79. The summed E-state index contributed by atoms with van der Waals surface area (Å²) in [5.41, 5.74) is 0. The van der Waals surface area contributed by atoms with E-state index in [9.17, 15) is 10.2 Å². The van der Waals surface area contributed by atoms with Crippen LogP contribution in [0.2, 0.25) is 17.1 Å². The molecule has 0 amide bonds. The molecule has 1 fully saturated rings. The molecule has 0 saturated heterocycles. The second-order valence-corrected chi connectivity index (χ2v) is 14.8. The summed E-state index contributed by atoms with van der Waals surface area (Å²) in [5.74, 6) is 0.540. The maximum atomic E-state index is 10.1. The average molecular weight is 401 g/mol. The van der Waals surface area contributed by atoms with Crippen LogP contribution < -0.4 is 0 Å². The topological polar surface area (TPSA) is 49.7 Å². The van der Waals surface area contributed by atoms with Gasteiger partial charge < -0.3 is 14.6 Å². The summed E-state index contributed by atoms with van der Waals surface area (Å²) in [7, 11) is -1.91. The molecule has 5 atom stereocenters. The van der Waals surface area contributed by atoms with Crippen molar-refractivity contribution in [3.8, 4) is 0 Å². The van der Waals surface area contributed by atoms with Crippen molar-refractivity contribution in [2.45, 2.75) is 141 Å². The van der Waals surface area contributed by atoms with Gasteiger partial charge in [0, 0.05) is 6.10 Å². The average Bonchev–Trinajstić information content (AvgIpc) is 2.60. The molecule has 3 nitrogen and oxygen atoms in total. The first kappa shape index (κ1) is 25.1. The van der Waals surface area contributed by atoms with Gasteiger partial charge in [0.2, 0.25) is 0 Å². The van der Waals surface area contributed by atoms with Crippen LogP contribution in [0.3, 0.4) is 0 Å². The summed E-state index contributed by atoms with van der Waals surface area (Å²) in [6, 6.07) is 2.46. The first-order valence-electron chi connectivity index (χ1n) is 11.7. The lowest BCUT2D eigenvalue weighted by Crippen LogP contribution is -2.49. The monoisotopic (exact) mass is 400 g/mol. The van der Waals surface area contributed by atoms with E-state index >= 15 is 0 Å².